The summed E-state index contributed by atoms with van der Waals surface area (Å²) in [6.07, 6.45) is 3.44. The van der Waals surface area contributed by atoms with E-state index in [1.807, 2.05) is 33.5 Å². The molecule has 0 aliphatic heterocycles. The summed E-state index contributed by atoms with van der Waals surface area (Å²) in [4.78, 5) is 0. The summed E-state index contributed by atoms with van der Waals surface area (Å²) < 4.78 is 3.97. The number of anilines is 1. The number of hydrogen-bond acceptors (Lipinski definition) is 4. The number of aromatic nitrogens is 5. The molecule has 0 spiro atoms. The van der Waals surface area contributed by atoms with E-state index in [0.717, 1.165) is 40.8 Å². The third-order valence-corrected chi connectivity index (χ3v) is 5.41. The fourth-order valence-corrected chi connectivity index (χ4v) is 3.61. The SMILES string of the molecule is Cc1nn(Cc2ccccc2Cl)c(C)c1CNc1cccc(Cn2cnnc2)c1. The third-order valence-electron chi connectivity index (χ3n) is 5.04. The Hall–Kier alpha value is -3.12. The second-order valence-corrected chi connectivity index (χ2v) is 7.49. The lowest BCUT2D eigenvalue weighted by molar-refractivity contribution is 0.658. The highest BCUT2D eigenvalue weighted by Crippen LogP contribution is 2.21. The maximum atomic E-state index is 6.32. The van der Waals surface area contributed by atoms with Crippen LogP contribution in [0.25, 0.3) is 0 Å². The first-order valence-electron chi connectivity index (χ1n) is 9.51. The molecule has 0 saturated heterocycles. The van der Waals surface area contributed by atoms with Crippen LogP contribution in [-0.4, -0.2) is 24.5 Å². The Morgan fingerprint density at radius 3 is 2.55 bits per heavy atom. The molecule has 4 aromatic rings. The highest BCUT2D eigenvalue weighted by atomic mass is 35.5. The molecule has 0 fully saturated rings. The molecule has 0 atom stereocenters. The van der Waals surface area contributed by atoms with Gasteiger partial charge < -0.3 is 9.88 Å². The Morgan fingerprint density at radius 2 is 1.76 bits per heavy atom. The second-order valence-electron chi connectivity index (χ2n) is 7.09. The number of benzene rings is 2. The highest BCUT2D eigenvalue weighted by molar-refractivity contribution is 6.31. The first-order valence-corrected chi connectivity index (χ1v) is 9.89. The zero-order chi connectivity index (χ0) is 20.2. The maximum Gasteiger partial charge on any atom is 0.119 e. The first-order chi connectivity index (χ1) is 14.1. The first kappa shape index (κ1) is 19.2. The molecular weight excluding hydrogens is 384 g/mol. The summed E-state index contributed by atoms with van der Waals surface area (Å²) in [7, 11) is 0. The lowest BCUT2D eigenvalue weighted by Gasteiger charge is -2.10. The monoisotopic (exact) mass is 406 g/mol. The van der Waals surface area contributed by atoms with Crippen LogP contribution in [0.5, 0.6) is 0 Å². The molecular formula is C22H23ClN6. The van der Waals surface area contributed by atoms with Crippen LogP contribution in [0.2, 0.25) is 5.02 Å². The van der Waals surface area contributed by atoms with Crippen LogP contribution in [0.4, 0.5) is 5.69 Å². The Bertz CT molecular complexity index is 1100. The van der Waals surface area contributed by atoms with Gasteiger partial charge in [-0.3, -0.25) is 4.68 Å². The lowest BCUT2D eigenvalue weighted by Crippen LogP contribution is -2.06. The van der Waals surface area contributed by atoms with E-state index in [-0.39, 0.29) is 0 Å². The van der Waals surface area contributed by atoms with E-state index in [0.29, 0.717) is 6.54 Å². The molecule has 0 saturated carbocycles. The molecule has 2 heterocycles. The molecule has 148 valence electrons. The maximum absolute atomic E-state index is 6.32. The number of aryl methyl sites for hydroxylation is 1. The van der Waals surface area contributed by atoms with Gasteiger partial charge in [0.05, 0.1) is 18.8 Å². The summed E-state index contributed by atoms with van der Waals surface area (Å²) in [5.41, 5.74) is 6.73. The topological polar surface area (TPSA) is 60.6 Å². The van der Waals surface area contributed by atoms with Crippen molar-refractivity contribution in [2.45, 2.75) is 33.5 Å². The van der Waals surface area contributed by atoms with Gasteiger partial charge in [0.15, 0.2) is 0 Å². The van der Waals surface area contributed by atoms with E-state index in [2.05, 4.69) is 53.6 Å². The highest BCUT2D eigenvalue weighted by Gasteiger charge is 2.12. The Kier molecular flexibility index (Phi) is 5.62. The molecule has 0 unspecified atom stereocenters. The fraction of sp³-hybridized carbons (Fsp3) is 0.227. The van der Waals surface area contributed by atoms with E-state index in [1.165, 1.54) is 11.1 Å². The molecule has 6 nitrogen and oxygen atoms in total. The smallest absolute Gasteiger partial charge is 0.119 e. The van der Waals surface area contributed by atoms with Crippen molar-refractivity contribution in [3.63, 3.8) is 0 Å². The standard InChI is InChI=1S/C22H23ClN6/c1-16-21(17(2)29(27-16)13-19-7-3-4-9-22(19)23)11-24-20-8-5-6-18(10-20)12-28-14-25-26-15-28/h3-10,14-15,24H,11-13H2,1-2H3. The van der Waals surface area contributed by atoms with Gasteiger partial charge >= 0.3 is 0 Å². The molecule has 1 N–H and O–H groups in total. The minimum atomic E-state index is 0.667. The molecule has 0 aliphatic rings. The second kappa shape index (κ2) is 8.49. The Balaban J connectivity index is 1.46. The average molecular weight is 407 g/mol. The predicted octanol–water partition coefficient (Wildman–Crippen LogP) is 4.45. The number of halogens is 1. The van der Waals surface area contributed by atoms with Crippen molar-refractivity contribution < 1.29 is 0 Å². The molecule has 2 aromatic heterocycles. The van der Waals surface area contributed by atoms with Gasteiger partial charge in [0.25, 0.3) is 0 Å². The zero-order valence-electron chi connectivity index (χ0n) is 16.5. The molecule has 0 bridgehead atoms. The quantitative estimate of drug-likeness (QED) is 0.492. The van der Waals surface area contributed by atoms with Gasteiger partial charge in [-0.25, -0.2) is 0 Å². The van der Waals surface area contributed by atoms with Gasteiger partial charge in [0.1, 0.15) is 12.7 Å². The summed E-state index contributed by atoms with van der Waals surface area (Å²) in [6, 6.07) is 16.3. The minimum Gasteiger partial charge on any atom is -0.381 e. The molecule has 0 radical (unpaired) electrons. The van der Waals surface area contributed by atoms with Crippen molar-refractivity contribution in [1.29, 1.82) is 0 Å². The van der Waals surface area contributed by atoms with Crippen LogP contribution in [0.1, 0.15) is 28.1 Å². The van der Waals surface area contributed by atoms with Crippen molar-refractivity contribution in [2.24, 2.45) is 0 Å². The zero-order valence-corrected chi connectivity index (χ0v) is 17.3. The van der Waals surface area contributed by atoms with Gasteiger partial charge in [-0.05, 0) is 43.2 Å². The van der Waals surface area contributed by atoms with Crippen LogP contribution >= 0.6 is 11.6 Å². The number of nitrogens with zero attached hydrogens (tertiary/aromatic N) is 5. The molecule has 0 aliphatic carbocycles. The van der Waals surface area contributed by atoms with Crippen molar-refractivity contribution in [3.05, 3.63) is 94.3 Å². The van der Waals surface area contributed by atoms with Crippen molar-refractivity contribution in [3.8, 4) is 0 Å². The summed E-state index contributed by atoms with van der Waals surface area (Å²) in [6.45, 7) is 6.29. The largest absolute Gasteiger partial charge is 0.381 e. The third kappa shape index (κ3) is 4.49. The lowest BCUT2D eigenvalue weighted by atomic mass is 10.1. The number of rotatable bonds is 7. The summed E-state index contributed by atoms with van der Waals surface area (Å²) >= 11 is 6.32. The Labute approximate surface area is 175 Å². The van der Waals surface area contributed by atoms with E-state index >= 15 is 0 Å². The van der Waals surface area contributed by atoms with Crippen LogP contribution in [0.3, 0.4) is 0 Å². The number of hydrogen-bond donors (Lipinski definition) is 1. The number of nitrogens with one attached hydrogen (secondary N) is 1. The summed E-state index contributed by atoms with van der Waals surface area (Å²) in [5.74, 6) is 0. The van der Waals surface area contributed by atoms with Gasteiger partial charge in [-0.2, -0.15) is 5.10 Å². The van der Waals surface area contributed by atoms with Crippen LogP contribution in [0, 0.1) is 13.8 Å². The van der Waals surface area contributed by atoms with Gasteiger partial charge in [-0.15, -0.1) is 10.2 Å². The normalized spacial score (nSPS) is 11.0. The average Bonchev–Trinajstić information content (AvgIpc) is 3.31. The van der Waals surface area contributed by atoms with Crippen molar-refractivity contribution in [1.82, 2.24) is 24.5 Å². The summed E-state index contributed by atoms with van der Waals surface area (Å²) in [5, 5.41) is 16.7. The van der Waals surface area contributed by atoms with Crippen molar-refractivity contribution >= 4 is 17.3 Å². The van der Waals surface area contributed by atoms with Crippen LogP contribution in [-0.2, 0) is 19.6 Å². The fourth-order valence-electron chi connectivity index (χ4n) is 3.42. The van der Waals surface area contributed by atoms with Crippen LogP contribution in [0.15, 0.2) is 61.2 Å². The van der Waals surface area contributed by atoms with E-state index in [9.17, 15) is 0 Å². The Morgan fingerprint density at radius 1 is 0.966 bits per heavy atom. The predicted molar refractivity (Wildman–Crippen MR) is 115 cm³/mol. The van der Waals surface area contributed by atoms with Crippen molar-refractivity contribution in [2.75, 3.05) is 5.32 Å². The molecule has 4 rings (SSSR count). The van der Waals surface area contributed by atoms with E-state index in [4.69, 9.17) is 16.7 Å². The van der Waals surface area contributed by atoms with Gasteiger partial charge in [-0.1, -0.05) is 41.9 Å². The minimum absolute atomic E-state index is 0.667. The molecule has 29 heavy (non-hydrogen) atoms. The van der Waals surface area contributed by atoms with Gasteiger partial charge in [0, 0.05) is 28.5 Å². The molecule has 2 aromatic carbocycles. The van der Waals surface area contributed by atoms with Gasteiger partial charge in [0.2, 0.25) is 0 Å². The molecule has 7 heteroatoms. The van der Waals surface area contributed by atoms with E-state index < -0.39 is 0 Å². The molecule has 0 amide bonds. The van der Waals surface area contributed by atoms with Crippen LogP contribution < -0.4 is 5.32 Å². The van der Waals surface area contributed by atoms with E-state index in [1.54, 1.807) is 12.7 Å².